The summed E-state index contributed by atoms with van der Waals surface area (Å²) in [7, 11) is 2.02. The molecule has 0 saturated carbocycles. The van der Waals surface area contributed by atoms with E-state index in [1.807, 2.05) is 27.0 Å². The van der Waals surface area contributed by atoms with E-state index in [1.165, 1.54) is 0 Å². The quantitative estimate of drug-likeness (QED) is 0.374. The van der Waals surface area contributed by atoms with Gasteiger partial charge in [0, 0.05) is 24.5 Å². The first-order valence-electron chi connectivity index (χ1n) is 6.10. The van der Waals surface area contributed by atoms with Gasteiger partial charge in [-0.1, -0.05) is 5.16 Å². The molecular weight excluding hydrogens is 260 g/mol. The molecule has 5 nitrogen and oxygen atoms in total. The maximum atomic E-state index is 8.94. The first-order valence-corrected chi connectivity index (χ1v) is 7.49. The van der Waals surface area contributed by atoms with Gasteiger partial charge >= 0.3 is 0 Å². The van der Waals surface area contributed by atoms with Gasteiger partial charge in [0.05, 0.1) is 16.9 Å². The Morgan fingerprint density at radius 3 is 2.74 bits per heavy atom. The van der Waals surface area contributed by atoms with Crippen LogP contribution in [0, 0.1) is 13.8 Å². The Hall–Kier alpha value is -1.43. The molecule has 1 atom stereocenters. The smallest absolute Gasteiger partial charge is 0.174 e. The van der Waals surface area contributed by atoms with Gasteiger partial charge in [-0.25, -0.2) is 0 Å². The van der Waals surface area contributed by atoms with Crippen LogP contribution in [0.1, 0.15) is 23.9 Å². The number of nitrogens with zero attached hydrogens (tertiary/aromatic N) is 3. The van der Waals surface area contributed by atoms with Gasteiger partial charge in [-0.05, 0) is 33.1 Å². The Balaban J connectivity index is 3.32. The fourth-order valence-electron chi connectivity index (χ4n) is 2.04. The van der Waals surface area contributed by atoms with E-state index in [0.717, 1.165) is 22.8 Å². The van der Waals surface area contributed by atoms with Crippen molar-refractivity contribution in [3.05, 3.63) is 23.0 Å². The minimum absolute atomic E-state index is 0.100. The summed E-state index contributed by atoms with van der Waals surface area (Å²) in [4.78, 5) is 6.53. The average Bonchev–Trinajstić information content (AvgIpc) is 2.36. The molecule has 1 aromatic heterocycles. The van der Waals surface area contributed by atoms with Crippen LogP contribution in [0.2, 0.25) is 0 Å². The highest BCUT2D eigenvalue weighted by Crippen LogP contribution is 2.25. The number of pyridine rings is 1. The summed E-state index contributed by atoms with van der Waals surface area (Å²) in [5, 5.41) is 12.1. The zero-order valence-corrected chi connectivity index (χ0v) is 13.0. The van der Waals surface area contributed by atoms with Crippen molar-refractivity contribution in [3.8, 4) is 0 Å². The second-order valence-electron chi connectivity index (χ2n) is 4.64. The topological polar surface area (TPSA) is 74.7 Å². The van der Waals surface area contributed by atoms with Gasteiger partial charge in [0.25, 0.3) is 0 Å². The number of rotatable bonds is 5. The Kier molecular flexibility index (Phi) is 5.47. The summed E-state index contributed by atoms with van der Waals surface area (Å²) in [5.74, 6) is 1.11. The van der Waals surface area contributed by atoms with Gasteiger partial charge in [0.15, 0.2) is 5.84 Å². The normalized spacial score (nSPS) is 13.4. The number of thioether (sulfide) groups is 1. The molecule has 0 amide bonds. The van der Waals surface area contributed by atoms with E-state index in [1.54, 1.807) is 11.8 Å². The van der Waals surface area contributed by atoms with Gasteiger partial charge in [-0.2, -0.15) is 11.8 Å². The standard InChI is InChI=1S/C13H22N4OS/c1-8-6-11(17(4)9(2)7-19-5)12(10(3)15-8)13(14)16-18/h6,9,18H,7H2,1-5H3,(H2,14,16). The lowest BCUT2D eigenvalue weighted by Gasteiger charge is -2.29. The number of amidine groups is 1. The van der Waals surface area contributed by atoms with E-state index < -0.39 is 0 Å². The molecule has 0 fully saturated rings. The van der Waals surface area contributed by atoms with Crippen LogP contribution in [0.15, 0.2) is 11.2 Å². The average molecular weight is 282 g/mol. The van der Waals surface area contributed by atoms with Crippen LogP contribution >= 0.6 is 11.8 Å². The second kappa shape index (κ2) is 6.65. The van der Waals surface area contributed by atoms with Crippen LogP contribution in [0.4, 0.5) is 5.69 Å². The predicted octanol–water partition coefficient (Wildman–Crippen LogP) is 1.98. The largest absolute Gasteiger partial charge is 0.409 e. The molecular formula is C13H22N4OS. The Morgan fingerprint density at radius 2 is 2.21 bits per heavy atom. The Morgan fingerprint density at radius 1 is 1.58 bits per heavy atom. The van der Waals surface area contributed by atoms with Crippen molar-refractivity contribution in [2.75, 3.05) is 24.0 Å². The van der Waals surface area contributed by atoms with Gasteiger partial charge in [0.2, 0.25) is 0 Å². The fourth-order valence-corrected chi connectivity index (χ4v) is 2.75. The Labute approximate surface area is 118 Å². The lowest BCUT2D eigenvalue weighted by molar-refractivity contribution is 0.318. The third-order valence-electron chi connectivity index (χ3n) is 3.12. The van der Waals surface area contributed by atoms with E-state index in [-0.39, 0.29) is 5.84 Å². The summed E-state index contributed by atoms with van der Waals surface area (Å²) in [5.41, 5.74) is 9.12. The van der Waals surface area contributed by atoms with E-state index in [4.69, 9.17) is 10.9 Å². The number of oxime groups is 1. The minimum Gasteiger partial charge on any atom is -0.409 e. The molecule has 0 aliphatic carbocycles. The van der Waals surface area contributed by atoms with E-state index in [2.05, 4.69) is 28.2 Å². The summed E-state index contributed by atoms with van der Waals surface area (Å²) in [6.07, 6.45) is 2.08. The highest BCUT2D eigenvalue weighted by atomic mass is 32.2. The van der Waals surface area contributed by atoms with Crippen LogP contribution in [0.5, 0.6) is 0 Å². The lowest BCUT2D eigenvalue weighted by atomic mass is 10.1. The van der Waals surface area contributed by atoms with Gasteiger partial charge < -0.3 is 15.8 Å². The molecule has 1 rings (SSSR count). The molecule has 1 heterocycles. The van der Waals surface area contributed by atoms with Gasteiger partial charge in [-0.15, -0.1) is 0 Å². The predicted molar refractivity (Wildman–Crippen MR) is 82.5 cm³/mol. The lowest BCUT2D eigenvalue weighted by Crippen LogP contribution is -2.33. The van der Waals surface area contributed by atoms with Crippen molar-refractivity contribution >= 4 is 23.3 Å². The summed E-state index contributed by atoms with van der Waals surface area (Å²) in [6, 6.07) is 2.32. The first kappa shape index (κ1) is 15.6. The molecule has 0 spiro atoms. The fraction of sp³-hybridized carbons (Fsp3) is 0.538. The maximum absolute atomic E-state index is 8.94. The van der Waals surface area contributed by atoms with Crippen LogP contribution in [0.25, 0.3) is 0 Å². The SMILES string of the molecule is CSCC(C)N(C)c1cc(C)nc(C)c1/C(N)=N/O. The summed E-state index contributed by atoms with van der Waals surface area (Å²) in [6.45, 7) is 5.97. The van der Waals surface area contributed by atoms with E-state index >= 15 is 0 Å². The van der Waals surface area contributed by atoms with Crippen molar-refractivity contribution in [2.24, 2.45) is 10.9 Å². The number of hydrogen-bond donors (Lipinski definition) is 2. The van der Waals surface area contributed by atoms with E-state index in [0.29, 0.717) is 11.6 Å². The molecule has 0 radical (unpaired) electrons. The van der Waals surface area contributed by atoms with Crippen LogP contribution < -0.4 is 10.6 Å². The molecule has 0 saturated heterocycles. The van der Waals surface area contributed by atoms with E-state index in [9.17, 15) is 0 Å². The van der Waals surface area contributed by atoms with Gasteiger partial charge in [0.1, 0.15) is 0 Å². The van der Waals surface area contributed by atoms with Crippen LogP contribution in [-0.2, 0) is 0 Å². The van der Waals surface area contributed by atoms with Crippen molar-refractivity contribution in [2.45, 2.75) is 26.8 Å². The highest BCUT2D eigenvalue weighted by Gasteiger charge is 2.19. The number of aryl methyl sites for hydroxylation is 2. The van der Waals surface area contributed by atoms with Crippen molar-refractivity contribution in [1.29, 1.82) is 0 Å². The maximum Gasteiger partial charge on any atom is 0.174 e. The number of anilines is 1. The molecule has 6 heteroatoms. The molecule has 0 aliphatic heterocycles. The summed E-state index contributed by atoms with van der Waals surface area (Å²) >= 11 is 1.79. The third-order valence-corrected chi connectivity index (χ3v) is 3.94. The molecule has 0 bridgehead atoms. The first-order chi connectivity index (χ1) is 8.92. The minimum atomic E-state index is 0.100. The van der Waals surface area contributed by atoms with Crippen molar-refractivity contribution < 1.29 is 5.21 Å². The van der Waals surface area contributed by atoms with Crippen molar-refractivity contribution in [3.63, 3.8) is 0 Å². The molecule has 19 heavy (non-hydrogen) atoms. The second-order valence-corrected chi connectivity index (χ2v) is 5.55. The van der Waals surface area contributed by atoms with Crippen molar-refractivity contribution in [1.82, 2.24) is 4.98 Å². The molecule has 0 aliphatic rings. The Bertz CT molecular complexity index is 476. The summed E-state index contributed by atoms with van der Waals surface area (Å²) < 4.78 is 0. The third kappa shape index (κ3) is 3.53. The molecule has 1 unspecified atom stereocenters. The van der Waals surface area contributed by atoms with Gasteiger partial charge in [-0.3, -0.25) is 4.98 Å². The number of nitrogens with two attached hydrogens (primary N) is 1. The van der Waals surface area contributed by atoms with Crippen LogP contribution in [0.3, 0.4) is 0 Å². The molecule has 3 N–H and O–H groups in total. The molecule has 0 aromatic carbocycles. The number of hydrogen-bond acceptors (Lipinski definition) is 5. The molecule has 106 valence electrons. The van der Waals surface area contributed by atoms with Crippen LogP contribution in [-0.4, -0.2) is 41.1 Å². The number of aromatic nitrogens is 1. The monoisotopic (exact) mass is 282 g/mol. The highest BCUT2D eigenvalue weighted by molar-refractivity contribution is 7.98. The molecule has 1 aromatic rings. The zero-order valence-electron chi connectivity index (χ0n) is 12.1. The zero-order chi connectivity index (χ0) is 14.6.